The fourth-order valence-electron chi connectivity index (χ4n) is 1.29. The summed E-state index contributed by atoms with van der Waals surface area (Å²) in [5.41, 5.74) is -0.283. The molecule has 0 spiro atoms. The Kier molecular flexibility index (Phi) is 6.57. The van der Waals surface area contributed by atoms with Crippen molar-refractivity contribution in [2.75, 3.05) is 13.1 Å². The second-order valence-corrected chi connectivity index (χ2v) is 4.97. The van der Waals surface area contributed by atoms with Gasteiger partial charge in [-0.05, 0) is 12.8 Å². The number of nitrogens with one attached hydrogen (secondary N) is 2. The zero-order valence-electron chi connectivity index (χ0n) is 10.8. The molecule has 0 aliphatic heterocycles. The highest BCUT2D eigenvalue weighted by molar-refractivity contribution is 5.81. The molecule has 0 aromatic heterocycles. The molecular formula is C12H26N2O. The van der Waals surface area contributed by atoms with E-state index in [9.17, 15) is 4.79 Å². The molecule has 90 valence electrons. The van der Waals surface area contributed by atoms with Crippen molar-refractivity contribution in [3.8, 4) is 0 Å². The van der Waals surface area contributed by atoms with Crippen molar-refractivity contribution in [3.63, 3.8) is 0 Å². The monoisotopic (exact) mass is 214 g/mol. The van der Waals surface area contributed by atoms with Crippen LogP contribution in [0, 0.1) is 5.41 Å². The second-order valence-electron chi connectivity index (χ2n) is 4.97. The first kappa shape index (κ1) is 14.4. The molecule has 0 radical (unpaired) electrons. The summed E-state index contributed by atoms with van der Waals surface area (Å²) in [5, 5.41) is 6.34. The van der Waals surface area contributed by atoms with Crippen LogP contribution in [0.5, 0.6) is 0 Å². The highest BCUT2D eigenvalue weighted by atomic mass is 16.2. The van der Waals surface area contributed by atoms with Gasteiger partial charge in [-0.15, -0.1) is 0 Å². The van der Waals surface area contributed by atoms with Gasteiger partial charge in [0, 0.05) is 24.5 Å². The van der Waals surface area contributed by atoms with Crippen LogP contribution >= 0.6 is 0 Å². The lowest BCUT2D eigenvalue weighted by molar-refractivity contribution is -0.128. The molecule has 0 aliphatic carbocycles. The summed E-state index contributed by atoms with van der Waals surface area (Å²) in [6.45, 7) is 11.7. The second kappa shape index (κ2) is 6.83. The Morgan fingerprint density at radius 3 is 2.07 bits per heavy atom. The topological polar surface area (TPSA) is 41.1 Å². The Bertz CT molecular complexity index is 181. The van der Waals surface area contributed by atoms with Crippen LogP contribution in [0.3, 0.4) is 0 Å². The molecule has 0 aliphatic rings. The summed E-state index contributed by atoms with van der Waals surface area (Å²) in [6, 6.07) is 0.580. The van der Waals surface area contributed by atoms with E-state index in [0.29, 0.717) is 12.6 Å². The van der Waals surface area contributed by atoms with E-state index in [-0.39, 0.29) is 11.3 Å². The summed E-state index contributed by atoms with van der Waals surface area (Å²) in [7, 11) is 0. The van der Waals surface area contributed by atoms with Gasteiger partial charge in [-0.3, -0.25) is 4.79 Å². The predicted molar refractivity (Wildman–Crippen MR) is 64.8 cm³/mol. The van der Waals surface area contributed by atoms with Gasteiger partial charge >= 0.3 is 0 Å². The van der Waals surface area contributed by atoms with Crippen molar-refractivity contribution >= 4 is 5.91 Å². The van der Waals surface area contributed by atoms with Crippen LogP contribution in [0.25, 0.3) is 0 Å². The number of hydrogen-bond acceptors (Lipinski definition) is 2. The third-order valence-corrected chi connectivity index (χ3v) is 2.51. The molecular weight excluding hydrogens is 188 g/mol. The van der Waals surface area contributed by atoms with Crippen LogP contribution in [-0.2, 0) is 4.79 Å². The Morgan fingerprint density at radius 1 is 1.13 bits per heavy atom. The standard InChI is InChI=1S/C12H26N2O/c1-6-10(7-2)13-8-9-14-11(15)12(3,4)5/h10,13H,6-9H2,1-5H3,(H,14,15). The SMILES string of the molecule is CCC(CC)NCCNC(=O)C(C)(C)C. The zero-order chi connectivity index (χ0) is 11.9. The van der Waals surface area contributed by atoms with Crippen LogP contribution in [0.1, 0.15) is 47.5 Å². The van der Waals surface area contributed by atoms with Crippen molar-refractivity contribution in [2.24, 2.45) is 5.41 Å². The fraction of sp³-hybridized carbons (Fsp3) is 0.917. The van der Waals surface area contributed by atoms with Gasteiger partial charge in [0.05, 0.1) is 0 Å². The minimum Gasteiger partial charge on any atom is -0.354 e. The van der Waals surface area contributed by atoms with Gasteiger partial charge in [0.2, 0.25) is 5.91 Å². The quantitative estimate of drug-likeness (QED) is 0.663. The van der Waals surface area contributed by atoms with Crippen molar-refractivity contribution in [1.82, 2.24) is 10.6 Å². The highest BCUT2D eigenvalue weighted by Crippen LogP contribution is 2.11. The molecule has 0 bridgehead atoms. The first-order chi connectivity index (χ1) is 6.91. The van der Waals surface area contributed by atoms with Gasteiger partial charge in [0.15, 0.2) is 0 Å². The normalized spacial score (nSPS) is 11.9. The summed E-state index contributed by atoms with van der Waals surface area (Å²) < 4.78 is 0. The number of amides is 1. The number of carbonyl (C=O) groups excluding carboxylic acids is 1. The van der Waals surface area contributed by atoms with Gasteiger partial charge in [-0.2, -0.15) is 0 Å². The average Bonchev–Trinajstić information content (AvgIpc) is 2.16. The maximum atomic E-state index is 11.5. The molecule has 0 atom stereocenters. The zero-order valence-corrected chi connectivity index (χ0v) is 10.8. The van der Waals surface area contributed by atoms with E-state index in [1.54, 1.807) is 0 Å². The smallest absolute Gasteiger partial charge is 0.225 e. The Labute approximate surface area is 94.0 Å². The molecule has 15 heavy (non-hydrogen) atoms. The lowest BCUT2D eigenvalue weighted by Gasteiger charge is -2.19. The number of carbonyl (C=O) groups is 1. The van der Waals surface area contributed by atoms with Crippen molar-refractivity contribution in [3.05, 3.63) is 0 Å². The minimum atomic E-state index is -0.283. The molecule has 0 fully saturated rings. The largest absolute Gasteiger partial charge is 0.354 e. The maximum Gasteiger partial charge on any atom is 0.225 e. The van der Waals surface area contributed by atoms with E-state index in [4.69, 9.17) is 0 Å². The van der Waals surface area contributed by atoms with Gasteiger partial charge in [-0.1, -0.05) is 34.6 Å². The van der Waals surface area contributed by atoms with Crippen LogP contribution in [0.15, 0.2) is 0 Å². The highest BCUT2D eigenvalue weighted by Gasteiger charge is 2.20. The third kappa shape index (κ3) is 6.50. The van der Waals surface area contributed by atoms with Crippen LogP contribution in [0.2, 0.25) is 0 Å². The van der Waals surface area contributed by atoms with E-state index in [2.05, 4.69) is 24.5 Å². The third-order valence-electron chi connectivity index (χ3n) is 2.51. The van der Waals surface area contributed by atoms with Gasteiger partial charge < -0.3 is 10.6 Å². The molecule has 3 nitrogen and oxygen atoms in total. The Morgan fingerprint density at radius 2 is 1.67 bits per heavy atom. The first-order valence-corrected chi connectivity index (χ1v) is 5.93. The van der Waals surface area contributed by atoms with Gasteiger partial charge in [0.25, 0.3) is 0 Å². The van der Waals surface area contributed by atoms with Crippen LogP contribution in [0.4, 0.5) is 0 Å². The van der Waals surface area contributed by atoms with E-state index >= 15 is 0 Å². The maximum absolute atomic E-state index is 11.5. The molecule has 2 N–H and O–H groups in total. The average molecular weight is 214 g/mol. The summed E-state index contributed by atoms with van der Waals surface area (Å²) in [6.07, 6.45) is 2.29. The van der Waals surface area contributed by atoms with E-state index < -0.39 is 0 Å². The lowest BCUT2D eigenvalue weighted by atomic mass is 9.96. The van der Waals surface area contributed by atoms with E-state index in [1.165, 1.54) is 0 Å². The molecule has 0 heterocycles. The Hall–Kier alpha value is -0.570. The first-order valence-electron chi connectivity index (χ1n) is 5.93. The summed E-state index contributed by atoms with van der Waals surface area (Å²) >= 11 is 0. The Balaban J connectivity index is 3.59. The lowest BCUT2D eigenvalue weighted by Crippen LogP contribution is -2.40. The molecule has 0 unspecified atom stereocenters. The predicted octanol–water partition coefficient (Wildman–Crippen LogP) is 1.93. The molecule has 1 amide bonds. The van der Waals surface area contributed by atoms with E-state index in [0.717, 1.165) is 19.4 Å². The molecule has 0 rings (SSSR count). The van der Waals surface area contributed by atoms with Crippen LogP contribution in [-0.4, -0.2) is 25.0 Å². The molecule has 0 aromatic carbocycles. The number of rotatable bonds is 6. The molecule has 0 saturated carbocycles. The van der Waals surface area contributed by atoms with Gasteiger partial charge in [-0.25, -0.2) is 0 Å². The van der Waals surface area contributed by atoms with E-state index in [1.807, 2.05) is 20.8 Å². The van der Waals surface area contributed by atoms with Crippen molar-refractivity contribution < 1.29 is 4.79 Å². The van der Waals surface area contributed by atoms with Crippen LogP contribution < -0.4 is 10.6 Å². The molecule has 0 aromatic rings. The molecule has 3 heteroatoms. The number of hydrogen-bond donors (Lipinski definition) is 2. The van der Waals surface area contributed by atoms with Gasteiger partial charge in [0.1, 0.15) is 0 Å². The fourth-order valence-corrected chi connectivity index (χ4v) is 1.29. The summed E-state index contributed by atoms with van der Waals surface area (Å²) in [4.78, 5) is 11.5. The van der Waals surface area contributed by atoms with Crippen molar-refractivity contribution in [1.29, 1.82) is 0 Å². The molecule has 0 saturated heterocycles. The summed E-state index contributed by atoms with van der Waals surface area (Å²) in [5.74, 6) is 0.119. The minimum absolute atomic E-state index is 0.119. The van der Waals surface area contributed by atoms with Crippen molar-refractivity contribution in [2.45, 2.75) is 53.5 Å².